The minimum Gasteiger partial charge on any atom is -0.388 e. The van der Waals surface area contributed by atoms with Gasteiger partial charge in [-0.25, -0.2) is 4.99 Å². The first kappa shape index (κ1) is 13.9. The number of fused-ring (bicyclic) bond motifs is 2. The minimum atomic E-state index is -0.113. The second kappa shape index (κ2) is 5.73. The van der Waals surface area contributed by atoms with Gasteiger partial charge in [0.25, 0.3) is 0 Å². The smallest absolute Gasteiger partial charge is 0.0782 e. The molecule has 104 valence electrons. The van der Waals surface area contributed by atoms with Gasteiger partial charge in [0, 0.05) is 40.6 Å². The van der Waals surface area contributed by atoms with E-state index in [-0.39, 0.29) is 19.3 Å². The van der Waals surface area contributed by atoms with Crippen molar-refractivity contribution in [1.29, 1.82) is 0 Å². The predicted molar refractivity (Wildman–Crippen MR) is 96.3 cm³/mol. The van der Waals surface area contributed by atoms with Crippen molar-refractivity contribution >= 4 is 45.3 Å². The first-order valence-corrected chi connectivity index (χ1v) is 10.8. The third-order valence-electron chi connectivity index (χ3n) is 3.14. The highest BCUT2D eigenvalue weighted by molar-refractivity contribution is 14.2. The summed E-state index contributed by atoms with van der Waals surface area (Å²) >= 11 is -0.113. The van der Waals surface area contributed by atoms with Crippen molar-refractivity contribution in [2.45, 2.75) is 4.90 Å². The Morgan fingerprint density at radius 3 is 2.75 bits per heavy atom. The summed E-state index contributed by atoms with van der Waals surface area (Å²) in [7, 11) is 8.07. The number of hydrogen-bond donors (Lipinski definition) is 1. The van der Waals surface area contributed by atoms with Gasteiger partial charge in [-0.2, -0.15) is 0 Å². The van der Waals surface area contributed by atoms with Gasteiger partial charge in [-0.15, -0.1) is 0 Å². The molecule has 0 atom stereocenters. The normalized spacial score (nSPS) is 12.8. The highest BCUT2D eigenvalue weighted by Crippen LogP contribution is 2.41. The fourth-order valence-electron chi connectivity index (χ4n) is 1.96. The zero-order valence-corrected chi connectivity index (χ0v) is 14.6. The molecule has 0 fully saturated rings. The molecule has 2 aromatic carbocycles. The second-order valence-corrected chi connectivity index (χ2v) is 9.28. The Balaban J connectivity index is 2.16. The van der Waals surface area contributed by atoms with Gasteiger partial charge in [-0.05, 0) is 55.7 Å². The molecular weight excluding hydrogens is 381 g/mol. The van der Waals surface area contributed by atoms with Crippen LogP contribution in [-0.2, 0) is 0 Å². The molecule has 0 amide bonds. The number of nitrogens with zero attached hydrogens (tertiary/aromatic N) is 2. The monoisotopic (exact) mass is 397 g/mol. The van der Waals surface area contributed by atoms with Crippen molar-refractivity contribution < 1.29 is 0 Å². The van der Waals surface area contributed by atoms with Crippen LogP contribution in [0, 0.1) is 3.15 Å². The highest BCUT2D eigenvalue weighted by Gasteiger charge is 2.07. The Hall–Kier alpha value is -1.08. The molecule has 5 heteroatoms. The van der Waals surface area contributed by atoms with E-state index in [0.29, 0.717) is 0 Å². The Kier molecular flexibility index (Phi) is 3.98. The summed E-state index contributed by atoms with van der Waals surface area (Å²) in [5.41, 5.74) is 3.49. The molecule has 1 aliphatic heterocycles. The summed E-state index contributed by atoms with van der Waals surface area (Å²) in [6.07, 6.45) is 0. The molecule has 2 aromatic rings. The van der Waals surface area contributed by atoms with Crippen LogP contribution in [0.4, 0.5) is 17.1 Å². The van der Waals surface area contributed by atoms with Gasteiger partial charge in [0.1, 0.15) is 0 Å². The van der Waals surface area contributed by atoms with E-state index in [4.69, 9.17) is 4.99 Å². The van der Waals surface area contributed by atoms with Crippen LogP contribution in [0.1, 0.15) is 0 Å². The van der Waals surface area contributed by atoms with E-state index < -0.39 is 0 Å². The molecule has 3 nitrogen and oxygen atoms in total. The van der Waals surface area contributed by atoms with E-state index in [1.54, 1.807) is 0 Å². The van der Waals surface area contributed by atoms with E-state index in [0.717, 1.165) is 16.7 Å². The fraction of sp³-hybridized carbons (Fsp3) is 0.200. The average molecular weight is 397 g/mol. The summed E-state index contributed by atoms with van der Waals surface area (Å²) in [5.74, 6) is 0. The van der Waals surface area contributed by atoms with Crippen molar-refractivity contribution in [1.82, 2.24) is 0 Å². The minimum absolute atomic E-state index is 0.113. The van der Waals surface area contributed by atoms with E-state index in [1.807, 2.05) is 16.0 Å². The quantitative estimate of drug-likeness (QED) is 0.777. The van der Waals surface area contributed by atoms with Crippen molar-refractivity contribution in [3.8, 4) is 0 Å². The zero-order chi connectivity index (χ0) is 14.1. The number of benzene rings is 2. The number of halogens is 1. The lowest BCUT2D eigenvalue weighted by atomic mass is 10.2. The molecule has 0 spiro atoms. The Morgan fingerprint density at radius 2 is 2.00 bits per heavy atom. The number of rotatable bonds is 2. The molecule has 0 aliphatic carbocycles. The van der Waals surface area contributed by atoms with Crippen LogP contribution in [-0.4, -0.2) is 21.1 Å². The lowest BCUT2D eigenvalue weighted by molar-refractivity contribution is 1.13. The van der Waals surface area contributed by atoms with Crippen molar-refractivity contribution in [3.05, 3.63) is 44.9 Å². The van der Waals surface area contributed by atoms with Gasteiger partial charge in [0.2, 0.25) is 0 Å². The molecule has 1 heterocycles. The van der Waals surface area contributed by atoms with Crippen molar-refractivity contribution in [2.24, 2.45) is 4.99 Å². The predicted octanol–water partition coefficient (Wildman–Crippen LogP) is 3.99. The summed E-state index contributed by atoms with van der Waals surface area (Å²) < 4.78 is 1.40. The second-order valence-electron chi connectivity index (χ2n) is 4.73. The number of anilines is 2. The topological polar surface area (TPSA) is 27.6 Å². The average Bonchev–Trinajstić information content (AvgIpc) is 2.64. The van der Waals surface area contributed by atoms with Gasteiger partial charge in [-0.1, -0.05) is 8.93 Å². The van der Waals surface area contributed by atoms with Gasteiger partial charge >= 0.3 is 0 Å². The largest absolute Gasteiger partial charge is 0.388 e. The van der Waals surface area contributed by atoms with Crippen molar-refractivity contribution in [3.63, 3.8) is 0 Å². The summed E-state index contributed by atoms with van der Waals surface area (Å²) in [6.45, 7) is 0. The molecule has 0 unspecified atom stereocenters. The number of hydrogen-bond acceptors (Lipinski definition) is 4. The van der Waals surface area contributed by atoms with Crippen LogP contribution >= 0.6 is 28.3 Å². The Labute approximate surface area is 131 Å². The molecule has 20 heavy (non-hydrogen) atoms. The fourth-order valence-corrected chi connectivity index (χ4v) is 6.78. The maximum Gasteiger partial charge on any atom is 0.0782 e. The molecular formula is C15H16IN3S. The van der Waals surface area contributed by atoms with Gasteiger partial charge in [-0.3, -0.25) is 0 Å². The van der Waals surface area contributed by atoms with Gasteiger partial charge in [0.15, 0.2) is 0 Å². The van der Waals surface area contributed by atoms with Crippen LogP contribution in [0.15, 0.2) is 46.3 Å². The van der Waals surface area contributed by atoms with Crippen LogP contribution < -0.4 is 15.6 Å². The van der Waals surface area contributed by atoms with Crippen molar-refractivity contribution in [2.75, 3.05) is 31.4 Å². The van der Waals surface area contributed by atoms with Gasteiger partial charge < -0.3 is 10.2 Å². The molecule has 0 saturated carbocycles. The molecule has 1 aliphatic rings. The van der Waals surface area contributed by atoms with Crippen LogP contribution in [0.25, 0.3) is 0 Å². The molecule has 0 radical (unpaired) electrons. The summed E-state index contributed by atoms with van der Waals surface area (Å²) in [4.78, 5) is 8.27. The van der Waals surface area contributed by atoms with Crippen LogP contribution in [0.3, 0.4) is 0 Å². The molecule has 0 saturated heterocycles. The third-order valence-corrected chi connectivity index (χ3v) is 8.25. The van der Waals surface area contributed by atoms with E-state index in [9.17, 15) is 0 Å². The highest BCUT2D eigenvalue weighted by atomic mass is 127. The maximum absolute atomic E-state index is 4.84. The zero-order valence-electron chi connectivity index (χ0n) is 11.6. The summed E-state index contributed by atoms with van der Waals surface area (Å²) in [5, 5.41) is 4.32. The standard InChI is InChI=1S/C15H16IN3S/c1-17-10-4-6-14-15(8-10)20-16-12-9-11(19(2)3)5-7-13(12)18-14/h4-9,17H,1-3H3. The molecule has 3 rings (SSSR count). The first-order valence-electron chi connectivity index (χ1n) is 6.34. The van der Waals surface area contributed by atoms with E-state index in [2.05, 4.69) is 60.7 Å². The maximum atomic E-state index is 4.84. The first-order chi connectivity index (χ1) is 9.67. The molecule has 1 N–H and O–H groups in total. The lowest BCUT2D eigenvalue weighted by Crippen LogP contribution is -2.11. The lowest BCUT2D eigenvalue weighted by Gasteiger charge is -2.11. The van der Waals surface area contributed by atoms with E-state index >= 15 is 0 Å². The van der Waals surface area contributed by atoms with Crippen LogP contribution in [0.2, 0.25) is 0 Å². The van der Waals surface area contributed by atoms with Crippen LogP contribution in [0.5, 0.6) is 0 Å². The summed E-state index contributed by atoms with van der Waals surface area (Å²) in [6, 6.07) is 13.0. The molecule has 0 aromatic heterocycles. The molecule has 0 bridgehead atoms. The number of nitrogens with one attached hydrogen (secondary N) is 1. The third kappa shape index (κ3) is 2.69. The van der Waals surface area contributed by atoms with E-state index in [1.165, 1.54) is 13.7 Å². The van der Waals surface area contributed by atoms with Gasteiger partial charge in [0.05, 0.1) is 11.0 Å². The Bertz CT molecular complexity index is 771. The SMILES string of the molecule is CNc1ccc2c(c1)SI=c1cc(N(C)C)ccc1=N2. The Morgan fingerprint density at radius 1 is 1.15 bits per heavy atom.